The van der Waals surface area contributed by atoms with Crippen molar-refractivity contribution in [1.29, 1.82) is 5.26 Å². The number of hydrogen-bond acceptors (Lipinski definition) is 5. The zero-order valence-electron chi connectivity index (χ0n) is 15.9. The van der Waals surface area contributed by atoms with Crippen LogP contribution < -0.4 is 21.9 Å². The highest BCUT2D eigenvalue weighted by Gasteiger charge is 2.22. The van der Waals surface area contributed by atoms with Crippen LogP contribution in [0.5, 0.6) is 0 Å². The number of aromatic nitrogens is 2. The predicted molar refractivity (Wildman–Crippen MR) is 108 cm³/mol. The van der Waals surface area contributed by atoms with E-state index in [1.165, 1.54) is 10.6 Å². The zero-order chi connectivity index (χ0) is 20.1. The van der Waals surface area contributed by atoms with Crippen LogP contribution in [0.3, 0.4) is 0 Å². The number of benzene rings is 1. The second-order valence-electron chi connectivity index (χ2n) is 6.84. The summed E-state index contributed by atoms with van der Waals surface area (Å²) in [5.41, 5.74) is 6.33. The van der Waals surface area contributed by atoms with Crippen LogP contribution >= 0.6 is 0 Å². The van der Waals surface area contributed by atoms with E-state index in [1.54, 1.807) is 31.2 Å². The highest BCUT2D eigenvalue weighted by molar-refractivity contribution is 5.41. The van der Waals surface area contributed by atoms with Gasteiger partial charge in [0.25, 0.3) is 5.56 Å². The zero-order valence-corrected chi connectivity index (χ0v) is 15.9. The predicted octanol–water partition coefficient (Wildman–Crippen LogP) is 0.881. The van der Waals surface area contributed by atoms with E-state index in [4.69, 9.17) is 5.73 Å². The molecule has 28 heavy (non-hydrogen) atoms. The average Bonchev–Trinajstić information content (AvgIpc) is 2.70. The van der Waals surface area contributed by atoms with Gasteiger partial charge >= 0.3 is 5.69 Å². The van der Waals surface area contributed by atoms with E-state index in [0.29, 0.717) is 23.5 Å². The Morgan fingerprint density at radius 2 is 2.04 bits per heavy atom. The van der Waals surface area contributed by atoms with E-state index in [1.807, 2.05) is 4.90 Å². The SMILES string of the molecule is CC#CCn1c(N2CCC[C@@H](N)C2)cc(=O)n(Cc2ccccc2C#N)c1=O. The van der Waals surface area contributed by atoms with Crippen LogP contribution in [0.1, 0.15) is 30.9 Å². The van der Waals surface area contributed by atoms with Gasteiger partial charge in [-0.2, -0.15) is 5.26 Å². The maximum atomic E-state index is 13.2. The first kappa shape index (κ1) is 19.5. The lowest BCUT2D eigenvalue weighted by molar-refractivity contribution is 0.491. The topological polar surface area (TPSA) is 97.0 Å². The molecule has 7 heteroatoms. The minimum atomic E-state index is -0.433. The number of nitrogens with two attached hydrogens (primary N) is 1. The molecule has 144 valence electrons. The van der Waals surface area contributed by atoms with Gasteiger partial charge in [-0.25, -0.2) is 4.79 Å². The second-order valence-corrected chi connectivity index (χ2v) is 6.84. The third-order valence-electron chi connectivity index (χ3n) is 4.92. The Morgan fingerprint density at radius 3 is 2.75 bits per heavy atom. The van der Waals surface area contributed by atoms with Gasteiger partial charge in [0.1, 0.15) is 5.82 Å². The molecule has 7 nitrogen and oxygen atoms in total. The number of hydrogen-bond donors (Lipinski definition) is 1. The Labute approximate surface area is 163 Å². The van der Waals surface area contributed by atoms with Crippen molar-refractivity contribution in [1.82, 2.24) is 9.13 Å². The molecule has 0 spiro atoms. The quantitative estimate of drug-likeness (QED) is 0.798. The van der Waals surface area contributed by atoms with Gasteiger partial charge in [-0.1, -0.05) is 24.1 Å². The van der Waals surface area contributed by atoms with E-state index in [2.05, 4.69) is 17.9 Å². The number of nitrogens with zero attached hydrogens (tertiary/aromatic N) is 4. The number of nitriles is 1. The summed E-state index contributed by atoms with van der Waals surface area (Å²) >= 11 is 0. The molecular formula is C21H23N5O2. The number of piperidine rings is 1. The van der Waals surface area contributed by atoms with Gasteiger partial charge in [-0.3, -0.25) is 13.9 Å². The lowest BCUT2D eigenvalue weighted by Gasteiger charge is -2.33. The molecule has 0 radical (unpaired) electrons. The van der Waals surface area contributed by atoms with Crippen molar-refractivity contribution in [3.8, 4) is 17.9 Å². The first-order valence-corrected chi connectivity index (χ1v) is 9.28. The van der Waals surface area contributed by atoms with E-state index < -0.39 is 11.2 Å². The normalized spacial score (nSPS) is 16.2. The minimum Gasteiger partial charge on any atom is -0.356 e. The van der Waals surface area contributed by atoms with Crippen LogP contribution in [0.4, 0.5) is 5.82 Å². The molecule has 2 heterocycles. The highest BCUT2D eigenvalue weighted by atomic mass is 16.2. The molecule has 1 saturated heterocycles. The van der Waals surface area contributed by atoms with Gasteiger partial charge in [0.15, 0.2) is 0 Å². The molecule has 0 bridgehead atoms. The summed E-state index contributed by atoms with van der Waals surface area (Å²) in [4.78, 5) is 27.9. The maximum Gasteiger partial charge on any atom is 0.333 e. The monoisotopic (exact) mass is 377 g/mol. The average molecular weight is 377 g/mol. The number of anilines is 1. The van der Waals surface area contributed by atoms with E-state index in [0.717, 1.165) is 24.0 Å². The summed E-state index contributed by atoms with van der Waals surface area (Å²) in [6.45, 7) is 3.28. The summed E-state index contributed by atoms with van der Waals surface area (Å²) in [6, 6.07) is 10.6. The van der Waals surface area contributed by atoms with Gasteiger partial charge in [0, 0.05) is 25.2 Å². The fourth-order valence-corrected chi connectivity index (χ4v) is 3.47. The Morgan fingerprint density at radius 1 is 1.25 bits per heavy atom. The summed E-state index contributed by atoms with van der Waals surface area (Å²) in [6.07, 6.45) is 1.84. The molecule has 1 fully saturated rings. The molecule has 3 rings (SSSR count). The van der Waals surface area contributed by atoms with Crippen molar-refractivity contribution in [3.63, 3.8) is 0 Å². The molecule has 1 atom stereocenters. The van der Waals surface area contributed by atoms with Gasteiger partial charge < -0.3 is 10.6 Å². The third kappa shape index (κ3) is 4.00. The maximum absolute atomic E-state index is 13.2. The molecule has 1 aromatic heterocycles. The first-order valence-electron chi connectivity index (χ1n) is 9.28. The number of rotatable bonds is 4. The van der Waals surface area contributed by atoms with Crippen LogP contribution in [0.25, 0.3) is 0 Å². The van der Waals surface area contributed by atoms with Gasteiger partial charge in [-0.05, 0) is 31.4 Å². The fourth-order valence-electron chi connectivity index (χ4n) is 3.47. The van der Waals surface area contributed by atoms with Crippen LogP contribution in [0, 0.1) is 23.2 Å². The lowest BCUT2D eigenvalue weighted by Crippen LogP contribution is -2.48. The van der Waals surface area contributed by atoms with Gasteiger partial charge in [-0.15, -0.1) is 5.92 Å². The molecule has 0 aliphatic carbocycles. The van der Waals surface area contributed by atoms with E-state index in [-0.39, 0.29) is 19.1 Å². The van der Waals surface area contributed by atoms with Crippen LogP contribution in [-0.2, 0) is 13.1 Å². The summed E-state index contributed by atoms with van der Waals surface area (Å²) in [5, 5.41) is 9.29. The Bertz CT molecular complexity index is 1080. The summed E-state index contributed by atoms with van der Waals surface area (Å²) in [5.74, 6) is 6.27. The van der Waals surface area contributed by atoms with E-state index in [9.17, 15) is 14.9 Å². The van der Waals surface area contributed by atoms with Crippen molar-refractivity contribution >= 4 is 5.82 Å². The van der Waals surface area contributed by atoms with Gasteiger partial charge in [0.2, 0.25) is 0 Å². The lowest BCUT2D eigenvalue weighted by atomic mass is 10.1. The third-order valence-corrected chi connectivity index (χ3v) is 4.92. The molecule has 0 unspecified atom stereocenters. The second kappa shape index (κ2) is 8.60. The minimum absolute atomic E-state index is 0.0134. The van der Waals surface area contributed by atoms with Crippen molar-refractivity contribution in [2.75, 3.05) is 18.0 Å². The molecular weight excluding hydrogens is 354 g/mol. The molecule has 1 aliphatic heterocycles. The summed E-state index contributed by atoms with van der Waals surface area (Å²) in [7, 11) is 0. The smallest absolute Gasteiger partial charge is 0.333 e. The van der Waals surface area contributed by atoms with E-state index >= 15 is 0 Å². The molecule has 2 aromatic rings. The molecule has 1 aliphatic rings. The fraction of sp³-hybridized carbons (Fsp3) is 0.381. The largest absolute Gasteiger partial charge is 0.356 e. The van der Waals surface area contributed by atoms with Gasteiger partial charge in [0.05, 0.1) is 24.7 Å². The van der Waals surface area contributed by atoms with Crippen LogP contribution in [-0.4, -0.2) is 28.3 Å². The van der Waals surface area contributed by atoms with Crippen molar-refractivity contribution in [2.45, 2.75) is 38.9 Å². The molecule has 0 amide bonds. The first-order chi connectivity index (χ1) is 13.5. The molecule has 1 aromatic carbocycles. The van der Waals surface area contributed by atoms with Crippen molar-refractivity contribution in [2.24, 2.45) is 5.73 Å². The summed E-state index contributed by atoms with van der Waals surface area (Å²) < 4.78 is 2.67. The Hall–Kier alpha value is -3.29. The van der Waals surface area contributed by atoms with Crippen LogP contribution in [0.2, 0.25) is 0 Å². The Kier molecular flexibility index (Phi) is 5.98. The standard InChI is InChI=1S/C21H23N5O2/c1-2-3-11-25-19(24-10-6-9-18(23)15-24)12-20(27)26(21(25)28)14-17-8-5-4-7-16(17)13-22/h4-5,7-8,12,18H,6,9-11,14-15,23H2,1H3/t18-/m1/s1. The molecule has 0 saturated carbocycles. The highest BCUT2D eigenvalue weighted by Crippen LogP contribution is 2.17. The van der Waals surface area contributed by atoms with Crippen molar-refractivity contribution < 1.29 is 0 Å². The van der Waals surface area contributed by atoms with Crippen LogP contribution in [0.15, 0.2) is 39.9 Å². The Balaban J connectivity index is 2.09. The molecule has 2 N–H and O–H groups in total. The van der Waals surface area contributed by atoms with Crippen molar-refractivity contribution in [3.05, 3.63) is 62.3 Å².